The molecule has 3 nitrogen and oxygen atoms in total. The van der Waals surface area contributed by atoms with Crippen molar-refractivity contribution in [3.05, 3.63) is 35.4 Å². The van der Waals surface area contributed by atoms with E-state index in [1.807, 2.05) is 0 Å². The minimum Gasteiger partial charge on any atom is -0.348 e. The molecule has 2 atom stereocenters. The van der Waals surface area contributed by atoms with Crippen molar-refractivity contribution in [1.29, 1.82) is 0 Å². The molecule has 1 aromatic rings. The molecule has 0 radical (unpaired) electrons. The molecule has 1 aromatic carbocycles. The Morgan fingerprint density at radius 2 is 2.00 bits per heavy atom. The number of hydrogen-bond acceptors (Lipinski definition) is 2. The lowest BCUT2D eigenvalue weighted by Gasteiger charge is -2.29. The van der Waals surface area contributed by atoms with E-state index in [9.17, 15) is 13.6 Å². The second kappa shape index (κ2) is 5.44. The van der Waals surface area contributed by atoms with E-state index in [0.29, 0.717) is 0 Å². The Kier molecular flexibility index (Phi) is 3.91. The van der Waals surface area contributed by atoms with E-state index in [2.05, 4.69) is 5.32 Å². The molecule has 5 heteroatoms. The first-order chi connectivity index (χ1) is 8.58. The third kappa shape index (κ3) is 2.85. The molecule has 2 rings (SSSR count). The number of carbonyl (C=O) groups is 1. The van der Waals surface area contributed by atoms with Crippen LogP contribution in [0.5, 0.6) is 0 Å². The van der Waals surface area contributed by atoms with Gasteiger partial charge >= 0.3 is 0 Å². The van der Waals surface area contributed by atoms with Gasteiger partial charge in [0.15, 0.2) is 0 Å². The van der Waals surface area contributed by atoms with Crippen molar-refractivity contribution < 1.29 is 13.6 Å². The number of nitrogens with two attached hydrogens (primary N) is 1. The molecule has 98 valence electrons. The monoisotopic (exact) mass is 254 g/mol. The number of halogens is 2. The van der Waals surface area contributed by atoms with Gasteiger partial charge in [-0.15, -0.1) is 0 Å². The predicted octanol–water partition coefficient (Wildman–Crippen LogP) is 1.96. The summed E-state index contributed by atoms with van der Waals surface area (Å²) in [5.74, 6) is -1.96. The Bertz CT molecular complexity index is 451. The molecular formula is C13H16F2N2O. The molecular weight excluding hydrogens is 238 g/mol. The van der Waals surface area contributed by atoms with Crippen molar-refractivity contribution in [3.8, 4) is 0 Å². The Balaban J connectivity index is 2.09. The molecule has 0 heterocycles. The predicted molar refractivity (Wildman–Crippen MR) is 64.1 cm³/mol. The van der Waals surface area contributed by atoms with E-state index in [0.717, 1.165) is 43.9 Å². The zero-order chi connectivity index (χ0) is 13.1. The third-order valence-electron chi connectivity index (χ3n) is 3.31. The van der Waals surface area contributed by atoms with Gasteiger partial charge in [-0.2, -0.15) is 0 Å². The van der Waals surface area contributed by atoms with Crippen molar-refractivity contribution in [3.63, 3.8) is 0 Å². The maximum Gasteiger partial charge on any atom is 0.254 e. The quantitative estimate of drug-likeness (QED) is 0.847. The smallest absolute Gasteiger partial charge is 0.254 e. The van der Waals surface area contributed by atoms with Gasteiger partial charge in [-0.05, 0) is 31.0 Å². The Hall–Kier alpha value is -1.49. The maximum atomic E-state index is 13.4. The minimum atomic E-state index is -0.724. The van der Waals surface area contributed by atoms with Crippen molar-refractivity contribution in [2.45, 2.75) is 37.8 Å². The van der Waals surface area contributed by atoms with Crippen LogP contribution in [0.2, 0.25) is 0 Å². The van der Waals surface area contributed by atoms with Crippen LogP contribution in [0.1, 0.15) is 36.0 Å². The van der Waals surface area contributed by atoms with E-state index < -0.39 is 17.5 Å². The second-order valence-electron chi connectivity index (χ2n) is 4.65. The Morgan fingerprint density at radius 1 is 1.28 bits per heavy atom. The van der Waals surface area contributed by atoms with Gasteiger partial charge in [0.05, 0.1) is 5.56 Å². The van der Waals surface area contributed by atoms with Gasteiger partial charge < -0.3 is 11.1 Å². The first-order valence-corrected chi connectivity index (χ1v) is 6.09. The minimum absolute atomic E-state index is 0.112. The van der Waals surface area contributed by atoms with E-state index in [4.69, 9.17) is 5.73 Å². The lowest BCUT2D eigenvalue weighted by atomic mass is 9.91. The summed E-state index contributed by atoms with van der Waals surface area (Å²) in [6, 6.07) is 2.57. The fourth-order valence-corrected chi connectivity index (χ4v) is 2.26. The zero-order valence-electron chi connectivity index (χ0n) is 9.96. The summed E-state index contributed by atoms with van der Waals surface area (Å²) in [4.78, 5) is 11.9. The van der Waals surface area contributed by atoms with Gasteiger partial charge in [-0.25, -0.2) is 8.78 Å². The first-order valence-electron chi connectivity index (χ1n) is 6.09. The summed E-state index contributed by atoms with van der Waals surface area (Å²) in [5.41, 5.74) is 5.62. The molecule has 1 aliphatic carbocycles. The normalized spacial score (nSPS) is 23.7. The van der Waals surface area contributed by atoms with Crippen LogP contribution < -0.4 is 11.1 Å². The van der Waals surface area contributed by atoms with Gasteiger partial charge in [0, 0.05) is 12.1 Å². The summed E-state index contributed by atoms with van der Waals surface area (Å²) in [6.45, 7) is 0. The van der Waals surface area contributed by atoms with Crippen molar-refractivity contribution in [1.82, 2.24) is 5.32 Å². The van der Waals surface area contributed by atoms with Gasteiger partial charge in [-0.1, -0.05) is 12.8 Å². The van der Waals surface area contributed by atoms with Crippen LogP contribution in [-0.4, -0.2) is 18.0 Å². The van der Waals surface area contributed by atoms with Crippen LogP contribution in [0.4, 0.5) is 8.78 Å². The van der Waals surface area contributed by atoms with Gasteiger partial charge in [-0.3, -0.25) is 4.79 Å². The topological polar surface area (TPSA) is 55.1 Å². The molecule has 0 saturated heterocycles. The third-order valence-corrected chi connectivity index (χ3v) is 3.31. The van der Waals surface area contributed by atoms with E-state index in [-0.39, 0.29) is 17.6 Å². The molecule has 0 bridgehead atoms. The van der Waals surface area contributed by atoms with Crippen LogP contribution in [0, 0.1) is 11.6 Å². The molecule has 1 fully saturated rings. The highest BCUT2D eigenvalue weighted by Crippen LogP contribution is 2.18. The number of hydrogen-bond donors (Lipinski definition) is 2. The number of benzene rings is 1. The summed E-state index contributed by atoms with van der Waals surface area (Å²) < 4.78 is 26.4. The van der Waals surface area contributed by atoms with Crippen LogP contribution in [0.15, 0.2) is 18.2 Å². The molecule has 18 heavy (non-hydrogen) atoms. The van der Waals surface area contributed by atoms with Gasteiger partial charge in [0.25, 0.3) is 5.91 Å². The highest BCUT2D eigenvalue weighted by molar-refractivity contribution is 5.94. The summed E-state index contributed by atoms with van der Waals surface area (Å²) in [7, 11) is 0. The molecule has 3 N–H and O–H groups in total. The average molecular weight is 254 g/mol. The van der Waals surface area contributed by atoms with Crippen LogP contribution in [0.3, 0.4) is 0 Å². The second-order valence-corrected chi connectivity index (χ2v) is 4.65. The summed E-state index contributed by atoms with van der Waals surface area (Å²) in [6.07, 6.45) is 3.66. The fourth-order valence-electron chi connectivity index (χ4n) is 2.26. The van der Waals surface area contributed by atoms with Crippen molar-refractivity contribution >= 4 is 5.91 Å². The molecule has 0 spiro atoms. The molecule has 1 amide bonds. The average Bonchev–Trinajstić information content (AvgIpc) is 2.35. The van der Waals surface area contributed by atoms with E-state index in [1.165, 1.54) is 0 Å². The van der Waals surface area contributed by atoms with Crippen LogP contribution in [0.25, 0.3) is 0 Å². The van der Waals surface area contributed by atoms with Crippen molar-refractivity contribution in [2.75, 3.05) is 0 Å². The number of amides is 1. The summed E-state index contributed by atoms with van der Waals surface area (Å²) >= 11 is 0. The van der Waals surface area contributed by atoms with Crippen LogP contribution >= 0.6 is 0 Å². The molecule has 0 aliphatic heterocycles. The highest BCUT2D eigenvalue weighted by atomic mass is 19.1. The van der Waals surface area contributed by atoms with Gasteiger partial charge in [0.2, 0.25) is 0 Å². The molecule has 1 aliphatic rings. The largest absolute Gasteiger partial charge is 0.348 e. The fraction of sp³-hybridized carbons (Fsp3) is 0.462. The lowest BCUT2D eigenvalue weighted by molar-refractivity contribution is 0.0916. The lowest BCUT2D eigenvalue weighted by Crippen LogP contribution is -2.49. The zero-order valence-corrected chi connectivity index (χ0v) is 9.96. The van der Waals surface area contributed by atoms with Crippen LogP contribution in [-0.2, 0) is 0 Å². The maximum absolute atomic E-state index is 13.4. The number of carbonyl (C=O) groups excluding carboxylic acids is 1. The molecule has 1 saturated carbocycles. The van der Waals surface area contributed by atoms with Gasteiger partial charge in [0.1, 0.15) is 11.6 Å². The molecule has 2 unspecified atom stereocenters. The summed E-state index contributed by atoms with van der Waals surface area (Å²) in [5, 5.41) is 2.68. The van der Waals surface area contributed by atoms with E-state index >= 15 is 0 Å². The number of nitrogens with one attached hydrogen (secondary N) is 1. The number of rotatable bonds is 2. The molecule has 0 aromatic heterocycles. The Labute approximate surface area is 104 Å². The Morgan fingerprint density at radius 3 is 2.72 bits per heavy atom. The standard InChI is InChI=1S/C13H16F2N2O/c14-8-5-6-10(15)9(7-8)13(18)17-12-4-2-1-3-11(12)16/h5-7,11-12H,1-4,16H2,(H,17,18). The first kappa shape index (κ1) is 13.0. The highest BCUT2D eigenvalue weighted by Gasteiger charge is 2.24. The SMILES string of the molecule is NC1CCCCC1NC(=O)c1cc(F)ccc1F. The van der Waals surface area contributed by atoms with E-state index in [1.54, 1.807) is 0 Å². The van der Waals surface area contributed by atoms with Crippen molar-refractivity contribution in [2.24, 2.45) is 5.73 Å².